The molecule has 8 heteroatoms. The molecule has 0 saturated carbocycles. The number of ether oxygens (including phenoxy) is 1. The Kier molecular flexibility index (Phi) is 8.25. The van der Waals surface area contributed by atoms with Crippen LogP contribution < -0.4 is 10.2 Å². The van der Waals surface area contributed by atoms with E-state index in [4.69, 9.17) is 9.72 Å². The quantitative estimate of drug-likeness (QED) is 0.690. The summed E-state index contributed by atoms with van der Waals surface area (Å²) in [6, 6.07) is 10.8. The molecule has 1 aromatic carbocycles. The van der Waals surface area contributed by atoms with Gasteiger partial charge >= 0.3 is 6.09 Å². The fraction of sp³-hybridized carbons (Fsp3) is 0.520. The summed E-state index contributed by atoms with van der Waals surface area (Å²) in [5.74, 6) is 1.86. The number of aromatic nitrogens is 2. The van der Waals surface area contributed by atoms with Gasteiger partial charge in [0.2, 0.25) is 5.91 Å². The normalized spacial score (nSPS) is 15.0. The van der Waals surface area contributed by atoms with Crippen LogP contribution in [0, 0.1) is 12.8 Å². The molecule has 0 aliphatic carbocycles. The van der Waals surface area contributed by atoms with Gasteiger partial charge < -0.3 is 19.9 Å². The molecule has 1 aliphatic rings. The highest BCUT2D eigenvalue weighted by Gasteiger charge is 2.31. The van der Waals surface area contributed by atoms with Gasteiger partial charge in [0.25, 0.3) is 0 Å². The molecule has 1 aromatic heterocycles. The minimum atomic E-state index is -0.631. The second-order valence-electron chi connectivity index (χ2n) is 9.12. The molecule has 1 fully saturated rings. The fourth-order valence-electron chi connectivity index (χ4n) is 3.75. The third kappa shape index (κ3) is 6.66. The molecule has 2 amide bonds. The zero-order valence-corrected chi connectivity index (χ0v) is 20.2. The number of alkyl carbamates (subject to hydrolysis) is 1. The second-order valence-corrected chi connectivity index (χ2v) is 9.12. The summed E-state index contributed by atoms with van der Waals surface area (Å²) >= 11 is 0. The number of benzene rings is 1. The fourth-order valence-corrected chi connectivity index (χ4v) is 3.75. The highest BCUT2D eigenvalue weighted by atomic mass is 16.5. The molecule has 8 nitrogen and oxygen atoms in total. The Morgan fingerprint density at radius 2 is 1.70 bits per heavy atom. The van der Waals surface area contributed by atoms with E-state index in [2.05, 4.69) is 29.0 Å². The van der Waals surface area contributed by atoms with Crippen molar-refractivity contribution in [1.82, 2.24) is 20.2 Å². The molecule has 0 unspecified atom stereocenters. The summed E-state index contributed by atoms with van der Waals surface area (Å²) < 4.78 is 5.32. The summed E-state index contributed by atoms with van der Waals surface area (Å²) in [6.45, 7) is 12.7. The lowest BCUT2D eigenvalue weighted by atomic mass is 10.0. The largest absolute Gasteiger partial charge is 0.445 e. The monoisotopic (exact) mass is 453 g/mol. The van der Waals surface area contributed by atoms with Crippen molar-refractivity contribution in [3.05, 3.63) is 53.5 Å². The number of carbonyl (C=O) groups excluding carboxylic acids is 2. The van der Waals surface area contributed by atoms with Crippen LogP contribution in [0.4, 0.5) is 10.6 Å². The second kappa shape index (κ2) is 11.1. The van der Waals surface area contributed by atoms with Gasteiger partial charge in [0.15, 0.2) is 0 Å². The van der Waals surface area contributed by atoms with Crippen molar-refractivity contribution in [2.45, 2.75) is 53.2 Å². The Morgan fingerprint density at radius 3 is 2.30 bits per heavy atom. The van der Waals surface area contributed by atoms with E-state index in [-0.39, 0.29) is 24.3 Å². The Morgan fingerprint density at radius 1 is 1.03 bits per heavy atom. The number of aryl methyl sites for hydroxylation is 1. The number of rotatable bonds is 7. The lowest BCUT2D eigenvalue weighted by Crippen LogP contribution is -2.56. The third-order valence-electron chi connectivity index (χ3n) is 5.71. The van der Waals surface area contributed by atoms with Crippen LogP contribution in [0.15, 0.2) is 36.4 Å². The van der Waals surface area contributed by atoms with Crippen LogP contribution in [0.25, 0.3) is 0 Å². The van der Waals surface area contributed by atoms with Crippen LogP contribution in [0.5, 0.6) is 0 Å². The molecule has 1 saturated heterocycles. The summed E-state index contributed by atoms with van der Waals surface area (Å²) in [6.07, 6.45) is -0.581. The van der Waals surface area contributed by atoms with Crippen molar-refractivity contribution >= 4 is 17.8 Å². The maximum absolute atomic E-state index is 13.2. The predicted molar refractivity (Wildman–Crippen MR) is 128 cm³/mol. The van der Waals surface area contributed by atoms with Crippen LogP contribution in [0.1, 0.15) is 50.7 Å². The Balaban J connectivity index is 1.56. The van der Waals surface area contributed by atoms with Crippen LogP contribution in [0.2, 0.25) is 0 Å². The Hall–Kier alpha value is -3.16. The first-order valence-corrected chi connectivity index (χ1v) is 11.6. The van der Waals surface area contributed by atoms with Crippen molar-refractivity contribution in [2.24, 2.45) is 5.92 Å². The lowest BCUT2D eigenvalue weighted by Gasteiger charge is -2.37. The van der Waals surface area contributed by atoms with E-state index >= 15 is 0 Å². The molecular weight excluding hydrogens is 418 g/mol. The summed E-state index contributed by atoms with van der Waals surface area (Å²) in [4.78, 5) is 38.8. The topological polar surface area (TPSA) is 87.7 Å². The van der Waals surface area contributed by atoms with Crippen LogP contribution in [-0.4, -0.2) is 59.1 Å². The van der Waals surface area contributed by atoms with Gasteiger partial charge in [-0.25, -0.2) is 14.8 Å². The molecule has 178 valence electrons. The third-order valence-corrected chi connectivity index (χ3v) is 5.71. The molecule has 0 bridgehead atoms. The van der Waals surface area contributed by atoms with E-state index in [0.29, 0.717) is 26.2 Å². The summed E-state index contributed by atoms with van der Waals surface area (Å²) in [7, 11) is 0. The molecule has 33 heavy (non-hydrogen) atoms. The smallest absolute Gasteiger partial charge is 0.408 e. The molecule has 2 aromatic rings. The van der Waals surface area contributed by atoms with E-state index in [9.17, 15) is 9.59 Å². The minimum absolute atomic E-state index is 0.0575. The van der Waals surface area contributed by atoms with E-state index in [1.807, 2.05) is 62.1 Å². The summed E-state index contributed by atoms with van der Waals surface area (Å²) in [5.41, 5.74) is 1.84. The first-order chi connectivity index (χ1) is 15.7. The minimum Gasteiger partial charge on any atom is -0.445 e. The molecule has 0 spiro atoms. The van der Waals surface area contributed by atoms with Gasteiger partial charge in [0.1, 0.15) is 24.3 Å². The van der Waals surface area contributed by atoms with E-state index < -0.39 is 12.1 Å². The number of hydrogen-bond donors (Lipinski definition) is 1. The molecule has 2 heterocycles. The number of anilines is 1. The standard InChI is InChI=1S/C25H35N5O3/c1-17(2)22(28-25(32)33-16-20-9-7-6-8-10-20)24(31)30-13-11-29(12-14-30)21-15-19(5)26-23(27-21)18(3)4/h6-10,15,17-18,22H,11-14,16H2,1-5H3,(H,28,32)/t22-/m0/s1. The van der Waals surface area contributed by atoms with Gasteiger partial charge in [-0.3, -0.25) is 4.79 Å². The van der Waals surface area contributed by atoms with E-state index in [0.717, 1.165) is 22.9 Å². The van der Waals surface area contributed by atoms with Gasteiger partial charge in [-0.2, -0.15) is 0 Å². The Bertz CT molecular complexity index is 940. The average molecular weight is 454 g/mol. The van der Waals surface area contributed by atoms with E-state index in [1.54, 1.807) is 0 Å². The molecule has 1 aliphatic heterocycles. The SMILES string of the molecule is Cc1cc(N2CCN(C(=O)[C@@H](NC(=O)OCc3ccccc3)C(C)C)CC2)nc(C(C)C)n1. The van der Waals surface area contributed by atoms with Crippen molar-refractivity contribution in [2.75, 3.05) is 31.1 Å². The number of amides is 2. The van der Waals surface area contributed by atoms with Gasteiger partial charge in [0.05, 0.1) is 0 Å². The van der Waals surface area contributed by atoms with Crippen LogP contribution in [0.3, 0.4) is 0 Å². The van der Waals surface area contributed by atoms with Gasteiger partial charge in [-0.15, -0.1) is 0 Å². The highest BCUT2D eigenvalue weighted by molar-refractivity contribution is 5.86. The molecule has 1 atom stereocenters. The zero-order valence-electron chi connectivity index (χ0n) is 20.2. The van der Waals surface area contributed by atoms with Crippen LogP contribution in [-0.2, 0) is 16.1 Å². The number of hydrogen-bond acceptors (Lipinski definition) is 6. The molecular formula is C25H35N5O3. The first-order valence-electron chi connectivity index (χ1n) is 11.6. The van der Waals surface area contributed by atoms with Crippen LogP contribution >= 0.6 is 0 Å². The van der Waals surface area contributed by atoms with Gasteiger partial charge in [0, 0.05) is 43.9 Å². The number of nitrogens with one attached hydrogen (secondary N) is 1. The van der Waals surface area contributed by atoms with Crippen molar-refractivity contribution in [3.8, 4) is 0 Å². The highest BCUT2D eigenvalue weighted by Crippen LogP contribution is 2.19. The van der Waals surface area contributed by atoms with Gasteiger partial charge in [-0.1, -0.05) is 58.0 Å². The van der Waals surface area contributed by atoms with Crippen molar-refractivity contribution in [1.29, 1.82) is 0 Å². The maximum Gasteiger partial charge on any atom is 0.408 e. The molecule has 3 rings (SSSR count). The maximum atomic E-state index is 13.2. The first kappa shape index (κ1) is 24.5. The van der Waals surface area contributed by atoms with Gasteiger partial charge in [-0.05, 0) is 18.4 Å². The molecule has 0 radical (unpaired) electrons. The predicted octanol–water partition coefficient (Wildman–Crippen LogP) is 3.51. The number of piperazine rings is 1. The number of carbonyl (C=O) groups is 2. The summed E-state index contributed by atoms with van der Waals surface area (Å²) in [5, 5.41) is 2.77. The molecule has 1 N–H and O–H groups in total. The van der Waals surface area contributed by atoms with Crippen molar-refractivity contribution < 1.29 is 14.3 Å². The Labute approximate surface area is 196 Å². The number of nitrogens with zero attached hydrogens (tertiary/aromatic N) is 4. The van der Waals surface area contributed by atoms with Crippen molar-refractivity contribution in [3.63, 3.8) is 0 Å². The van der Waals surface area contributed by atoms with E-state index in [1.165, 1.54) is 0 Å². The zero-order chi connectivity index (χ0) is 24.0. The lowest BCUT2D eigenvalue weighted by molar-refractivity contribution is -0.134. The average Bonchev–Trinajstić information content (AvgIpc) is 2.81.